The third-order valence-corrected chi connectivity index (χ3v) is 3.40. The summed E-state index contributed by atoms with van der Waals surface area (Å²) in [6.07, 6.45) is 0.591. The molecule has 0 saturated carbocycles. The van der Waals surface area contributed by atoms with Crippen LogP contribution in [0, 0.1) is 5.92 Å². The number of esters is 1. The van der Waals surface area contributed by atoms with E-state index in [2.05, 4.69) is 4.74 Å². The topological polar surface area (TPSA) is 89.7 Å². The number of nitrogens with zero attached hydrogens (tertiary/aromatic N) is 1. The van der Waals surface area contributed by atoms with E-state index >= 15 is 0 Å². The van der Waals surface area contributed by atoms with Gasteiger partial charge in [0.15, 0.2) is 0 Å². The molecule has 2 amide bonds. The molecule has 1 saturated heterocycles. The first kappa shape index (κ1) is 14.0. The van der Waals surface area contributed by atoms with Gasteiger partial charge in [0.05, 0.1) is 13.0 Å². The largest absolute Gasteiger partial charge is 0.469 e. The maximum Gasteiger partial charge on any atom is 0.310 e. The van der Waals surface area contributed by atoms with Gasteiger partial charge in [0.2, 0.25) is 5.91 Å². The van der Waals surface area contributed by atoms with Crippen molar-refractivity contribution in [3.8, 4) is 0 Å². The summed E-state index contributed by atoms with van der Waals surface area (Å²) >= 11 is 0. The molecule has 6 heteroatoms. The van der Waals surface area contributed by atoms with Gasteiger partial charge in [0.1, 0.15) is 0 Å². The number of rotatable bonds is 3. The van der Waals surface area contributed by atoms with Crippen LogP contribution in [0.2, 0.25) is 0 Å². The molecule has 1 fully saturated rings. The highest BCUT2D eigenvalue weighted by Gasteiger charge is 2.32. The molecular weight excluding hydrogens is 260 g/mol. The number of amides is 2. The molecule has 20 heavy (non-hydrogen) atoms. The minimum Gasteiger partial charge on any atom is -0.469 e. The molecule has 0 radical (unpaired) electrons. The quantitative estimate of drug-likeness (QED) is 0.810. The first-order valence-corrected chi connectivity index (χ1v) is 6.30. The minimum absolute atomic E-state index is 0.209. The number of carbonyl (C=O) groups is 3. The molecule has 6 nitrogen and oxygen atoms in total. The van der Waals surface area contributed by atoms with E-state index in [0.29, 0.717) is 30.6 Å². The van der Waals surface area contributed by atoms with Crippen LogP contribution in [-0.4, -0.2) is 42.9 Å². The summed E-state index contributed by atoms with van der Waals surface area (Å²) in [6, 6.07) is 6.26. The number of hydrogen-bond donors (Lipinski definition) is 1. The predicted octanol–water partition coefficient (Wildman–Crippen LogP) is 0.421. The minimum atomic E-state index is -0.575. The zero-order valence-corrected chi connectivity index (χ0v) is 11.2. The lowest BCUT2D eigenvalue weighted by Crippen LogP contribution is -2.30. The molecule has 0 aromatic heterocycles. The normalized spacial score (nSPS) is 17.9. The molecule has 1 unspecified atom stereocenters. The van der Waals surface area contributed by atoms with Gasteiger partial charge < -0.3 is 15.4 Å². The van der Waals surface area contributed by atoms with Crippen LogP contribution in [0.25, 0.3) is 0 Å². The SMILES string of the molecule is COC(=O)C1CCN(C(=O)c2cccc(C(N)=O)c2)C1. The number of hydrogen-bond acceptors (Lipinski definition) is 4. The second-order valence-corrected chi connectivity index (χ2v) is 4.70. The molecule has 1 aliphatic rings. The van der Waals surface area contributed by atoms with Crippen molar-refractivity contribution in [2.75, 3.05) is 20.2 Å². The van der Waals surface area contributed by atoms with Gasteiger partial charge in [0, 0.05) is 24.2 Å². The molecular formula is C14H16N2O4. The Balaban J connectivity index is 2.11. The Morgan fingerprint density at radius 1 is 1.30 bits per heavy atom. The zero-order chi connectivity index (χ0) is 14.7. The van der Waals surface area contributed by atoms with E-state index in [1.165, 1.54) is 13.2 Å². The monoisotopic (exact) mass is 276 g/mol. The molecule has 1 heterocycles. The molecule has 0 bridgehead atoms. The standard InChI is InChI=1S/C14H16N2O4/c1-20-14(19)11-5-6-16(8-11)13(18)10-4-2-3-9(7-10)12(15)17/h2-4,7,11H,5-6,8H2,1H3,(H2,15,17). The lowest BCUT2D eigenvalue weighted by molar-refractivity contribution is -0.144. The van der Waals surface area contributed by atoms with Crippen LogP contribution in [0.1, 0.15) is 27.1 Å². The number of ether oxygens (including phenoxy) is 1. The summed E-state index contributed by atoms with van der Waals surface area (Å²) in [5, 5.41) is 0. The molecule has 1 aromatic carbocycles. The smallest absolute Gasteiger partial charge is 0.310 e. The van der Waals surface area contributed by atoms with E-state index < -0.39 is 5.91 Å². The Bertz CT molecular complexity index is 556. The zero-order valence-electron chi connectivity index (χ0n) is 11.2. The van der Waals surface area contributed by atoms with Crippen LogP contribution in [0.15, 0.2) is 24.3 Å². The van der Waals surface area contributed by atoms with Gasteiger partial charge in [-0.05, 0) is 24.6 Å². The highest BCUT2D eigenvalue weighted by Crippen LogP contribution is 2.20. The van der Waals surface area contributed by atoms with E-state index in [1.54, 1.807) is 23.1 Å². The fourth-order valence-electron chi connectivity index (χ4n) is 2.29. The van der Waals surface area contributed by atoms with E-state index in [0.717, 1.165) is 0 Å². The van der Waals surface area contributed by atoms with Crippen molar-refractivity contribution in [2.45, 2.75) is 6.42 Å². The van der Waals surface area contributed by atoms with Gasteiger partial charge in [-0.3, -0.25) is 14.4 Å². The molecule has 2 N–H and O–H groups in total. The van der Waals surface area contributed by atoms with Crippen molar-refractivity contribution in [3.63, 3.8) is 0 Å². The summed E-state index contributed by atoms with van der Waals surface area (Å²) in [6.45, 7) is 0.839. The number of methoxy groups -OCH3 is 1. The number of likely N-dealkylation sites (tertiary alicyclic amines) is 1. The average Bonchev–Trinajstić information content (AvgIpc) is 2.95. The molecule has 2 rings (SSSR count). The Labute approximate surface area is 116 Å². The predicted molar refractivity (Wildman–Crippen MR) is 71.0 cm³/mol. The first-order chi connectivity index (χ1) is 9.52. The fraction of sp³-hybridized carbons (Fsp3) is 0.357. The van der Waals surface area contributed by atoms with E-state index in [9.17, 15) is 14.4 Å². The van der Waals surface area contributed by atoms with Gasteiger partial charge in [-0.2, -0.15) is 0 Å². The van der Waals surface area contributed by atoms with E-state index in [4.69, 9.17) is 5.73 Å². The Morgan fingerprint density at radius 2 is 2.00 bits per heavy atom. The van der Waals surface area contributed by atoms with Crippen molar-refractivity contribution >= 4 is 17.8 Å². The number of primary amides is 1. The number of benzene rings is 1. The highest BCUT2D eigenvalue weighted by atomic mass is 16.5. The summed E-state index contributed by atoms with van der Waals surface area (Å²) in [5.41, 5.74) is 5.88. The summed E-state index contributed by atoms with van der Waals surface area (Å²) in [4.78, 5) is 36.4. The van der Waals surface area contributed by atoms with Gasteiger partial charge in [0.25, 0.3) is 5.91 Å². The average molecular weight is 276 g/mol. The highest BCUT2D eigenvalue weighted by molar-refractivity contribution is 5.99. The number of nitrogens with two attached hydrogens (primary N) is 1. The van der Waals surface area contributed by atoms with Crippen molar-refractivity contribution < 1.29 is 19.1 Å². The lowest BCUT2D eigenvalue weighted by Gasteiger charge is -2.16. The Kier molecular flexibility index (Phi) is 4.02. The van der Waals surface area contributed by atoms with Gasteiger partial charge in [-0.1, -0.05) is 6.07 Å². The molecule has 106 valence electrons. The van der Waals surface area contributed by atoms with Crippen LogP contribution in [0.5, 0.6) is 0 Å². The van der Waals surface area contributed by atoms with Crippen molar-refractivity contribution in [3.05, 3.63) is 35.4 Å². The van der Waals surface area contributed by atoms with Crippen LogP contribution in [0.4, 0.5) is 0 Å². The van der Waals surface area contributed by atoms with Gasteiger partial charge >= 0.3 is 5.97 Å². The second-order valence-electron chi connectivity index (χ2n) is 4.70. The van der Waals surface area contributed by atoms with Crippen LogP contribution in [0.3, 0.4) is 0 Å². The first-order valence-electron chi connectivity index (χ1n) is 6.30. The Morgan fingerprint density at radius 3 is 2.65 bits per heavy atom. The third kappa shape index (κ3) is 2.79. The maximum atomic E-state index is 12.3. The van der Waals surface area contributed by atoms with E-state index in [1.807, 2.05) is 0 Å². The molecule has 0 spiro atoms. The third-order valence-electron chi connectivity index (χ3n) is 3.40. The van der Waals surface area contributed by atoms with Crippen molar-refractivity contribution in [2.24, 2.45) is 11.7 Å². The molecule has 1 aliphatic heterocycles. The van der Waals surface area contributed by atoms with Crippen molar-refractivity contribution in [1.82, 2.24) is 4.90 Å². The molecule has 1 aromatic rings. The van der Waals surface area contributed by atoms with E-state index in [-0.39, 0.29) is 17.8 Å². The lowest BCUT2D eigenvalue weighted by atomic mass is 10.1. The summed E-state index contributed by atoms with van der Waals surface area (Å²) in [7, 11) is 1.34. The van der Waals surface area contributed by atoms with Crippen molar-refractivity contribution in [1.29, 1.82) is 0 Å². The van der Waals surface area contributed by atoms with Crippen LogP contribution >= 0.6 is 0 Å². The number of carbonyl (C=O) groups excluding carboxylic acids is 3. The summed E-state index contributed by atoms with van der Waals surface area (Å²) < 4.78 is 4.68. The molecule has 0 aliphatic carbocycles. The Hall–Kier alpha value is -2.37. The van der Waals surface area contributed by atoms with Crippen LogP contribution < -0.4 is 5.73 Å². The second kappa shape index (κ2) is 5.73. The van der Waals surface area contributed by atoms with Gasteiger partial charge in [-0.15, -0.1) is 0 Å². The maximum absolute atomic E-state index is 12.3. The van der Waals surface area contributed by atoms with Crippen LogP contribution in [-0.2, 0) is 9.53 Å². The fourth-order valence-corrected chi connectivity index (χ4v) is 2.29. The van der Waals surface area contributed by atoms with Gasteiger partial charge in [-0.25, -0.2) is 0 Å². The summed E-state index contributed by atoms with van der Waals surface area (Å²) in [5.74, 6) is -1.36. The molecule has 1 atom stereocenters.